The first-order valence-corrected chi connectivity index (χ1v) is 5.83. The fraction of sp³-hybridized carbons (Fsp3) is 0.667. The molecule has 3 heteroatoms. The Morgan fingerprint density at radius 1 is 1.33 bits per heavy atom. The number of hydrogen-bond acceptors (Lipinski definition) is 2. The van der Waals surface area contributed by atoms with Crippen LogP contribution in [-0.2, 0) is 0 Å². The molecule has 1 aromatic rings. The average Bonchev–Trinajstić information content (AvgIpc) is 2.30. The zero-order valence-electron chi connectivity index (χ0n) is 7.89. The maximum absolute atomic E-state index is 4.50. The van der Waals surface area contributed by atoms with Crippen LogP contribution in [0.5, 0.6) is 0 Å². The van der Waals surface area contributed by atoms with Crippen molar-refractivity contribution in [3.63, 3.8) is 0 Å². The highest BCUT2D eigenvalue weighted by Gasteiger charge is 2.16. The highest BCUT2D eigenvalue weighted by molar-refractivity contribution is 9.09. The predicted octanol–water partition coefficient (Wildman–Crippen LogP) is 3.85. The Labute approximate surface area is 86.3 Å². The highest BCUT2D eigenvalue weighted by Crippen LogP contribution is 2.34. The van der Waals surface area contributed by atoms with Crippen molar-refractivity contribution in [2.24, 2.45) is 5.92 Å². The highest BCUT2D eigenvalue weighted by atomic mass is 79.9. The van der Waals surface area contributed by atoms with E-state index in [-0.39, 0.29) is 0 Å². The normalized spacial score (nSPS) is 13.8. The van der Waals surface area contributed by atoms with Gasteiger partial charge in [0.05, 0.1) is 10.5 Å². The molecule has 1 nitrogen and oxygen atoms in total. The minimum atomic E-state index is 0.412. The lowest BCUT2D eigenvalue weighted by Crippen LogP contribution is -1.97. The third-order valence-corrected chi connectivity index (χ3v) is 4.82. The third kappa shape index (κ3) is 2.07. The number of thiazole rings is 1. The standard InChI is InChI=1S/C9H14BrNS/c1-5(2)8(10)9-11-6(3)7(4)12-9/h5,8H,1-4H3. The Bertz CT molecular complexity index is 248. The molecule has 68 valence electrons. The van der Waals surface area contributed by atoms with Crippen LogP contribution in [0, 0.1) is 19.8 Å². The summed E-state index contributed by atoms with van der Waals surface area (Å²) in [5.41, 5.74) is 1.17. The molecule has 1 heterocycles. The number of hydrogen-bond donors (Lipinski definition) is 0. The van der Waals surface area contributed by atoms with Gasteiger partial charge in [-0.2, -0.15) is 0 Å². The van der Waals surface area contributed by atoms with Crippen molar-refractivity contribution in [1.82, 2.24) is 4.98 Å². The van der Waals surface area contributed by atoms with Gasteiger partial charge >= 0.3 is 0 Å². The van der Waals surface area contributed by atoms with E-state index in [2.05, 4.69) is 48.6 Å². The van der Waals surface area contributed by atoms with Crippen LogP contribution in [0.25, 0.3) is 0 Å². The first kappa shape index (κ1) is 10.2. The molecule has 0 saturated heterocycles. The summed E-state index contributed by atoms with van der Waals surface area (Å²) in [7, 11) is 0. The maximum atomic E-state index is 4.50. The van der Waals surface area contributed by atoms with Gasteiger partial charge in [-0.3, -0.25) is 0 Å². The number of rotatable bonds is 2. The van der Waals surface area contributed by atoms with E-state index in [0.717, 1.165) is 0 Å². The van der Waals surface area contributed by atoms with E-state index in [1.54, 1.807) is 11.3 Å². The Morgan fingerprint density at radius 2 is 1.92 bits per heavy atom. The van der Waals surface area contributed by atoms with E-state index in [0.29, 0.717) is 10.7 Å². The third-order valence-electron chi connectivity index (χ3n) is 1.87. The summed E-state index contributed by atoms with van der Waals surface area (Å²) in [5, 5.41) is 1.21. The Kier molecular flexibility index (Phi) is 3.29. The Balaban J connectivity index is 2.89. The zero-order chi connectivity index (χ0) is 9.30. The minimum Gasteiger partial charge on any atom is -0.245 e. The average molecular weight is 248 g/mol. The second-order valence-corrected chi connectivity index (χ2v) is 5.56. The zero-order valence-corrected chi connectivity index (χ0v) is 10.3. The topological polar surface area (TPSA) is 12.9 Å². The summed E-state index contributed by atoms with van der Waals surface area (Å²) in [6.45, 7) is 8.59. The maximum Gasteiger partial charge on any atom is 0.107 e. The fourth-order valence-corrected chi connectivity index (χ4v) is 2.36. The molecule has 0 fully saturated rings. The molecule has 0 saturated carbocycles. The molecule has 0 aliphatic heterocycles. The first-order valence-electron chi connectivity index (χ1n) is 4.10. The number of halogens is 1. The van der Waals surface area contributed by atoms with Gasteiger partial charge in [0.25, 0.3) is 0 Å². The number of aromatic nitrogens is 1. The molecular formula is C9H14BrNS. The van der Waals surface area contributed by atoms with Crippen molar-refractivity contribution in [1.29, 1.82) is 0 Å². The van der Waals surface area contributed by atoms with Crippen molar-refractivity contribution >= 4 is 27.3 Å². The first-order chi connectivity index (χ1) is 5.52. The molecule has 0 amide bonds. The van der Waals surface area contributed by atoms with Crippen LogP contribution in [0.3, 0.4) is 0 Å². The van der Waals surface area contributed by atoms with E-state index in [4.69, 9.17) is 0 Å². The van der Waals surface area contributed by atoms with Crippen molar-refractivity contribution in [2.45, 2.75) is 32.5 Å². The SMILES string of the molecule is Cc1nc(C(Br)C(C)C)sc1C. The Hall–Kier alpha value is 0.110. The van der Waals surface area contributed by atoms with Crippen LogP contribution in [-0.4, -0.2) is 4.98 Å². The largest absolute Gasteiger partial charge is 0.245 e. The van der Waals surface area contributed by atoms with E-state index >= 15 is 0 Å². The van der Waals surface area contributed by atoms with E-state index in [9.17, 15) is 0 Å². The van der Waals surface area contributed by atoms with Gasteiger partial charge in [0.1, 0.15) is 5.01 Å². The van der Waals surface area contributed by atoms with E-state index in [1.807, 2.05) is 0 Å². The molecule has 0 bridgehead atoms. The summed E-state index contributed by atoms with van der Waals surface area (Å²) in [5.74, 6) is 0.606. The van der Waals surface area contributed by atoms with Gasteiger partial charge in [0.2, 0.25) is 0 Å². The smallest absolute Gasteiger partial charge is 0.107 e. The molecule has 0 aromatic carbocycles. The van der Waals surface area contributed by atoms with Crippen molar-refractivity contribution in [3.05, 3.63) is 15.6 Å². The summed E-state index contributed by atoms with van der Waals surface area (Å²) in [4.78, 5) is 6.24. The summed E-state index contributed by atoms with van der Waals surface area (Å²) in [6.07, 6.45) is 0. The molecule has 0 spiro atoms. The number of nitrogens with zero attached hydrogens (tertiary/aromatic N) is 1. The van der Waals surface area contributed by atoms with Gasteiger partial charge in [0.15, 0.2) is 0 Å². The summed E-state index contributed by atoms with van der Waals surface area (Å²) in [6, 6.07) is 0. The minimum absolute atomic E-state index is 0.412. The lowest BCUT2D eigenvalue weighted by atomic mass is 10.1. The molecule has 0 N–H and O–H groups in total. The molecular weight excluding hydrogens is 234 g/mol. The van der Waals surface area contributed by atoms with Crippen LogP contribution in [0.4, 0.5) is 0 Å². The van der Waals surface area contributed by atoms with Gasteiger partial charge in [-0.15, -0.1) is 11.3 Å². The number of aryl methyl sites for hydroxylation is 2. The van der Waals surface area contributed by atoms with E-state index < -0.39 is 0 Å². The van der Waals surface area contributed by atoms with Gasteiger partial charge in [-0.1, -0.05) is 29.8 Å². The summed E-state index contributed by atoms with van der Waals surface area (Å²) >= 11 is 5.44. The van der Waals surface area contributed by atoms with Crippen molar-refractivity contribution < 1.29 is 0 Å². The van der Waals surface area contributed by atoms with Gasteiger partial charge < -0.3 is 0 Å². The molecule has 0 aliphatic carbocycles. The molecule has 0 radical (unpaired) electrons. The second kappa shape index (κ2) is 3.88. The van der Waals surface area contributed by atoms with Crippen LogP contribution < -0.4 is 0 Å². The molecule has 0 aliphatic rings. The molecule has 12 heavy (non-hydrogen) atoms. The van der Waals surface area contributed by atoms with Crippen molar-refractivity contribution in [3.8, 4) is 0 Å². The molecule has 1 aromatic heterocycles. The fourth-order valence-electron chi connectivity index (χ4n) is 0.901. The van der Waals surface area contributed by atoms with Gasteiger partial charge in [-0.05, 0) is 19.8 Å². The van der Waals surface area contributed by atoms with Gasteiger partial charge in [-0.25, -0.2) is 4.98 Å². The van der Waals surface area contributed by atoms with E-state index in [1.165, 1.54) is 15.6 Å². The van der Waals surface area contributed by atoms with Crippen LogP contribution in [0.15, 0.2) is 0 Å². The monoisotopic (exact) mass is 247 g/mol. The Morgan fingerprint density at radius 3 is 2.25 bits per heavy atom. The summed E-state index contributed by atoms with van der Waals surface area (Å²) < 4.78 is 0. The van der Waals surface area contributed by atoms with Crippen LogP contribution in [0.2, 0.25) is 0 Å². The van der Waals surface area contributed by atoms with Gasteiger partial charge in [0, 0.05) is 4.88 Å². The second-order valence-electron chi connectivity index (χ2n) is 3.34. The quantitative estimate of drug-likeness (QED) is 0.724. The molecule has 1 rings (SSSR count). The van der Waals surface area contributed by atoms with Crippen LogP contribution >= 0.6 is 27.3 Å². The van der Waals surface area contributed by atoms with Crippen LogP contribution in [0.1, 0.15) is 34.3 Å². The lowest BCUT2D eigenvalue weighted by molar-refractivity contribution is 0.637. The lowest BCUT2D eigenvalue weighted by Gasteiger charge is -2.09. The van der Waals surface area contributed by atoms with Crippen molar-refractivity contribution in [2.75, 3.05) is 0 Å². The number of alkyl halides is 1. The molecule has 1 atom stereocenters. The predicted molar refractivity (Wildman–Crippen MR) is 58.1 cm³/mol. The molecule has 1 unspecified atom stereocenters.